The van der Waals surface area contributed by atoms with Gasteiger partial charge in [0.25, 0.3) is 0 Å². The molecule has 0 bridgehead atoms. The van der Waals surface area contributed by atoms with Crippen LogP contribution < -0.4 is 10.0 Å². The Bertz CT molecular complexity index is 574. The Kier molecular flexibility index (Phi) is 4.06. The molecule has 0 aliphatic heterocycles. The second-order valence-corrected chi connectivity index (χ2v) is 9.76. The van der Waals surface area contributed by atoms with Crippen molar-refractivity contribution in [2.45, 2.75) is 38.4 Å². The fourth-order valence-corrected chi connectivity index (χ4v) is 5.34. The van der Waals surface area contributed by atoms with E-state index in [2.05, 4.69) is 37.7 Å². The highest BCUT2D eigenvalue weighted by molar-refractivity contribution is 7.91. The van der Waals surface area contributed by atoms with E-state index in [1.54, 1.807) is 6.07 Å². The van der Waals surface area contributed by atoms with Crippen molar-refractivity contribution in [1.29, 1.82) is 0 Å². The third-order valence-electron chi connectivity index (χ3n) is 5.05. The van der Waals surface area contributed by atoms with E-state index in [-0.39, 0.29) is 10.8 Å². The summed E-state index contributed by atoms with van der Waals surface area (Å²) in [5.74, 6) is 0.390. The zero-order chi connectivity index (χ0) is 15.2. The molecule has 0 radical (unpaired) electrons. The minimum atomic E-state index is -3.37. The summed E-state index contributed by atoms with van der Waals surface area (Å²) in [6.45, 7) is 10.00. The smallest absolute Gasteiger partial charge is 0.250 e. The third kappa shape index (κ3) is 2.66. The van der Waals surface area contributed by atoms with E-state index >= 15 is 0 Å². The topological polar surface area (TPSA) is 58.2 Å². The molecule has 1 fully saturated rings. The summed E-state index contributed by atoms with van der Waals surface area (Å²) < 4.78 is 27.7. The fourth-order valence-electron chi connectivity index (χ4n) is 2.88. The van der Waals surface area contributed by atoms with Crippen LogP contribution in [0.2, 0.25) is 0 Å². The Balaban J connectivity index is 2.01. The summed E-state index contributed by atoms with van der Waals surface area (Å²) in [4.78, 5) is 1.03. The van der Waals surface area contributed by atoms with Gasteiger partial charge in [-0.3, -0.25) is 0 Å². The molecule has 0 atom stereocenters. The maximum atomic E-state index is 12.3. The number of thiophene rings is 1. The minimum Gasteiger partial charge on any atom is -0.315 e. The normalized spacial score (nSPS) is 21.1. The lowest BCUT2D eigenvalue weighted by atomic mass is 10.0. The van der Waals surface area contributed by atoms with Crippen molar-refractivity contribution in [3.63, 3.8) is 0 Å². The Morgan fingerprint density at radius 3 is 2.30 bits per heavy atom. The van der Waals surface area contributed by atoms with E-state index in [0.717, 1.165) is 4.88 Å². The molecule has 0 amide bonds. The van der Waals surface area contributed by atoms with Gasteiger partial charge in [0.1, 0.15) is 4.21 Å². The molecule has 1 saturated carbocycles. The summed E-state index contributed by atoms with van der Waals surface area (Å²) in [6, 6.07) is 3.55. The first-order valence-corrected chi connectivity index (χ1v) is 9.16. The molecule has 2 rings (SSSR count). The van der Waals surface area contributed by atoms with Gasteiger partial charge in [-0.05, 0) is 35.9 Å². The van der Waals surface area contributed by atoms with Crippen molar-refractivity contribution in [2.24, 2.45) is 16.7 Å². The first kappa shape index (κ1) is 15.9. The average molecular weight is 316 g/mol. The molecule has 6 heteroatoms. The molecule has 0 aromatic carbocycles. The highest BCUT2D eigenvalue weighted by atomic mass is 32.2. The van der Waals surface area contributed by atoms with Crippen LogP contribution in [0.5, 0.6) is 0 Å². The summed E-state index contributed by atoms with van der Waals surface area (Å²) in [7, 11) is -1.52. The zero-order valence-electron chi connectivity index (χ0n) is 12.8. The molecule has 1 aromatic rings. The van der Waals surface area contributed by atoms with E-state index in [1.807, 2.05) is 13.1 Å². The van der Waals surface area contributed by atoms with E-state index < -0.39 is 10.0 Å². The number of rotatable bonds is 6. The van der Waals surface area contributed by atoms with E-state index in [0.29, 0.717) is 23.2 Å². The van der Waals surface area contributed by atoms with Gasteiger partial charge >= 0.3 is 0 Å². The first-order chi connectivity index (χ1) is 9.13. The van der Waals surface area contributed by atoms with Crippen LogP contribution in [0.1, 0.15) is 32.6 Å². The number of hydrogen-bond acceptors (Lipinski definition) is 4. The van der Waals surface area contributed by atoms with E-state index in [4.69, 9.17) is 0 Å². The van der Waals surface area contributed by atoms with Gasteiger partial charge in [0.2, 0.25) is 10.0 Å². The fraction of sp³-hybridized carbons (Fsp3) is 0.714. The number of hydrogen-bond donors (Lipinski definition) is 2. The predicted octanol–water partition coefficient (Wildman–Crippen LogP) is 2.43. The molecule has 0 saturated heterocycles. The second-order valence-electron chi connectivity index (χ2n) is 6.60. The maximum absolute atomic E-state index is 12.3. The zero-order valence-corrected chi connectivity index (χ0v) is 14.4. The predicted molar refractivity (Wildman–Crippen MR) is 83.3 cm³/mol. The van der Waals surface area contributed by atoms with Crippen LogP contribution in [0, 0.1) is 16.7 Å². The van der Waals surface area contributed by atoms with Gasteiger partial charge in [0, 0.05) is 18.0 Å². The molecule has 1 heterocycles. The summed E-state index contributed by atoms with van der Waals surface area (Å²) >= 11 is 1.32. The Morgan fingerprint density at radius 2 is 1.80 bits per heavy atom. The lowest BCUT2D eigenvalue weighted by Gasteiger charge is -2.06. The molecular weight excluding hydrogens is 292 g/mol. The van der Waals surface area contributed by atoms with Crippen LogP contribution in [-0.4, -0.2) is 22.0 Å². The molecule has 0 spiro atoms. The Hall–Kier alpha value is -0.430. The Labute approximate surface area is 126 Å². The lowest BCUT2D eigenvalue weighted by Crippen LogP contribution is -2.26. The van der Waals surface area contributed by atoms with E-state index in [9.17, 15) is 8.42 Å². The van der Waals surface area contributed by atoms with Crippen LogP contribution in [0.4, 0.5) is 0 Å². The van der Waals surface area contributed by atoms with Gasteiger partial charge in [-0.2, -0.15) is 0 Å². The molecule has 1 aliphatic rings. The summed E-state index contributed by atoms with van der Waals surface area (Å²) in [5, 5.41) is 3.03. The molecule has 2 N–H and O–H groups in total. The first-order valence-electron chi connectivity index (χ1n) is 6.86. The molecular formula is C14H24N2O2S2. The second kappa shape index (κ2) is 5.09. The molecule has 20 heavy (non-hydrogen) atoms. The molecule has 4 nitrogen and oxygen atoms in total. The minimum absolute atomic E-state index is 0.197. The highest BCUT2D eigenvalue weighted by Crippen LogP contribution is 2.67. The van der Waals surface area contributed by atoms with E-state index in [1.165, 1.54) is 11.3 Å². The van der Waals surface area contributed by atoms with Crippen molar-refractivity contribution in [3.8, 4) is 0 Å². The van der Waals surface area contributed by atoms with Gasteiger partial charge in [-0.25, -0.2) is 13.1 Å². The van der Waals surface area contributed by atoms with Crippen LogP contribution in [0.15, 0.2) is 16.3 Å². The number of sulfonamides is 1. The summed E-state index contributed by atoms with van der Waals surface area (Å²) in [6.07, 6.45) is 0. The van der Waals surface area contributed by atoms with Crippen LogP contribution >= 0.6 is 11.3 Å². The largest absolute Gasteiger partial charge is 0.315 e. The van der Waals surface area contributed by atoms with Gasteiger partial charge in [-0.1, -0.05) is 27.7 Å². The molecule has 1 aromatic heterocycles. The Morgan fingerprint density at radius 1 is 1.20 bits per heavy atom. The van der Waals surface area contributed by atoms with Crippen LogP contribution in [0.25, 0.3) is 0 Å². The van der Waals surface area contributed by atoms with Crippen molar-refractivity contribution < 1.29 is 8.42 Å². The third-order valence-corrected chi connectivity index (χ3v) is 8.05. The monoisotopic (exact) mass is 316 g/mol. The highest BCUT2D eigenvalue weighted by Gasteiger charge is 2.64. The molecule has 0 unspecified atom stereocenters. The molecule has 1 aliphatic carbocycles. The van der Waals surface area contributed by atoms with Gasteiger partial charge in [0.05, 0.1) is 0 Å². The number of nitrogens with one attached hydrogen (secondary N) is 2. The van der Waals surface area contributed by atoms with Gasteiger partial charge in [-0.15, -0.1) is 11.3 Å². The van der Waals surface area contributed by atoms with Crippen LogP contribution in [-0.2, 0) is 16.6 Å². The van der Waals surface area contributed by atoms with Crippen LogP contribution in [0.3, 0.4) is 0 Å². The standard InChI is InChI=1S/C14H24N2O2S2/c1-13(2)11(14(13,3)4)9-16-20(17,18)12-7-6-10(19-12)8-15-5/h6-7,11,15-16H,8-9H2,1-5H3. The van der Waals surface area contributed by atoms with Crippen molar-refractivity contribution in [3.05, 3.63) is 17.0 Å². The van der Waals surface area contributed by atoms with Crippen molar-refractivity contribution in [2.75, 3.05) is 13.6 Å². The lowest BCUT2D eigenvalue weighted by molar-refractivity contribution is 0.457. The maximum Gasteiger partial charge on any atom is 0.250 e. The van der Waals surface area contributed by atoms with Crippen molar-refractivity contribution >= 4 is 21.4 Å². The van der Waals surface area contributed by atoms with Gasteiger partial charge < -0.3 is 5.32 Å². The summed E-state index contributed by atoms with van der Waals surface area (Å²) in [5.41, 5.74) is 0.393. The average Bonchev–Trinajstić information content (AvgIpc) is 2.72. The van der Waals surface area contributed by atoms with Gasteiger partial charge in [0.15, 0.2) is 0 Å². The van der Waals surface area contributed by atoms with Crippen molar-refractivity contribution in [1.82, 2.24) is 10.0 Å². The molecule has 114 valence electrons. The SMILES string of the molecule is CNCc1ccc(S(=O)(=O)NCC2C(C)(C)C2(C)C)s1. The quantitative estimate of drug-likeness (QED) is 0.847.